The number of rotatable bonds is 5. The van der Waals surface area contributed by atoms with Crippen LogP contribution in [-0.2, 0) is 6.42 Å². The smallest absolute Gasteiger partial charge is 0.0326 e. The summed E-state index contributed by atoms with van der Waals surface area (Å²) in [5, 5.41) is 3.68. The van der Waals surface area contributed by atoms with Gasteiger partial charge in [-0.05, 0) is 55.8 Å². The highest BCUT2D eigenvalue weighted by Gasteiger charge is 2.28. The Morgan fingerprint density at radius 3 is 2.48 bits per heavy atom. The van der Waals surface area contributed by atoms with Gasteiger partial charge in [0, 0.05) is 6.04 Å². The van der Waals surface area contributed by atoms with Gasteiger partial charge in [0.2, 0.25) is 0 Å². The van der Waals surface area contributed by atoms with Crippen molar-refractivity contribution in [1.82, 2.24) is 5.32 Å². The molecule has 1 N–H and O–H groups in total. The van der Waals surface area contributed by atoms with Crippen molar-refractivity contribution in [1.29, 1.82) is 0 Å². The van der Waals surface area contributed by atoms with Gasteiger partial charge in [-0.2, -0.15) is 0 Å². The van der Waals surface area contributed by atoms with Crippen LogP contribution < -0.4 is 5.32 Å². The highest BCUT2D eigenvalue weighted by atomic mass is 14.9. The Bertz CT molecular complexity index is 609. The van der Waals surface area contributed by atoms with E-state index in [0.29, 0.717) is 12.0 Å². The third-order valence-electron chi connectivity index (χ3n) is 4.58. The molecule has 110 valence electrons. The normalized spacial score (nSPS) is 18.0. The van der Waals surface area contributed by atoms with Gasteiger partial charge in [0.25, 0.3) is 0 Å². The standard InChI is InChI=1S/C20H25N/c1-4-21-20(18-10-14(2)9-15(3)11-18)13-17-12-16-7-5-6-8-19(16)17/h5-11,17,20-21H,4,12-13H2,1-3H3. The van der Waals surface area contributed by atoms with Gasteiger partial charge < -0.3 is 5.32 Å². The van der Waals surface area contributed by atoms with Crippen molar-refractivity contribution in [3.05, 3.63) is 70.3 Å². The summed E-state index contributed by atoms with van der Waals surface area (Å²) >= 11 is 0. The largest absolute Gasteiger partial charge is 0.310 e. The van der Waals surface area contributed by atoms with E-state index in [0.717, 1.165) is 6.54 Å². The second-order valence-corrected chi connectivity index (χ2v) is 6.37. The molecule has 0 radical (unpaired) electrons. The summed E-state index contributed by atoms with van der Waals surface area (Å²) in [4.78, 5) is 0. The minimum absolute atomic E-state index is 0.465. The minimum Gasteiger partial charge on any atom is -0.310 e. The average Bonchev–Trinajstić information content (AvgIpc) is 2.42. The molecule has 0 amide bonds. The molecule has 0 heterocycles. The molecule has 0 aromatic heterocycles. The van der Waals surface area contributed by atoms with Gasteiger partial charge in [-0.1, -0.05) is 60.5 Å². The van der Waals surface area contributed by atoms with Crippen LogP contribution in [0.1, 0.15) is 53.1 Å². The Morgan fingerprint density at radius 1 is 1.10 bits per heavy atom. The predicted octanol–water partition coefficient (Wildman–Crippen LogP) is 4.68. The summed E-state index contributed by atoms with van der Waals surface area (Å²) in [7, 11) is 0. The molecule has 2 atom stereocenters. The SMILES string of the molecule is CCNC(CC1Cc2ccccc21)c1cc(C)cc(C)c1. The lowest BCUT2D eigenvalue weighted by Crippen LogP contribution is -2.27. The van der Waals surface area contributed by atoms with Gasteiger partial charge in [-0.15, -0.1) is 0 Å². The summed E-state index contributed by atoms with van der Waals surface area (Å²) in [6.07, 6.45) is 2.44. The Balaban J connectivity index is 1.80. The molecule has 2 aromatic carbocycles. The van der Waals surface area contributed by atoms with Crippen LogP contribution in [0.5, 0.6) is 0 Å². The van der Waals surface area contributed by atoms with Gasteiger partial charge in [-0.3, -0.25) is 0 Å². The Kier molecular flexibility index (Phi) is 4.12. The second kappa shape index (κ2) is 6.03. The molecule has 3 rings (SSSR count). The average molecular weight is 279 g/mol. The molecular formula is C20H25N. The van der Waals surface area contributed by atoms with Crippen molar-refractivity contribution in [3.63, 3.8) is 0 Å². The molecule has 2 aromatic rings. The summed E-state index contributed by atoms with van der Waals surface area (Å²) in [5.74, 6) is 0.714. The molecule has 1 aliphatic rings. The van der Waals surface area contributed by atoms with E-state index >= 15 is 0 Å². The lowest BCUT2D eigenvalue weighted by molar-refractivity contribution is 0.435. The summed E-state index contributed by atoms with van der Waals surface area (Å²) < 4.78 is 0. The maximum atomic E-state index is 3.68. The molecule has 21 heavy (non-hydrogen) atoms. The first-order valence-electron chi connectivity index (χ1n) is 8.06. The summed E-state index contributed by atoms with van der Waals surface area (Å²) in [5.41, 5.74) is 7.27. The summed E-state index contributed by atoms with van der Waals surface area (Å²) in [6, 6.07) is 16.3. The predicted molar refractivity (Wildman–Crippen MR) is 89.8 cm³/mol. The van der Waals surface area contributed by atoms with Gasteiger partial charge in [0.15, 0.2) is 0 Å². The zero-order valence-electron chi connectivity index (χ0n) is 13.3. The number of nitrogens with one attached hydrogen (secondary N) is 1. The maximum absolute atomic E-state index is 3.68. The first-order valence-corrected chi connectivity index (χ1v) is 8.06. The van der Waals surface area contributed by atoms with Crippen LogP contribution in [0.15, 0.2) is 42.5 Å². The van der Waals surface area contributed by atoms with E-state index < -0.39 is 0 Å². The number of hydrogen-bond acceptors (Lipinski definition) is 1. The summed E-state index contributed by atoms with van der Waals surface area (Å²) in [6.45, 7) is 7.60. The van der Waals surface area contributed by atoms with E-state index in [9.17, 15) is 0 Å². The molecule has 1 nitrogen and oxygen atoms in total. The van der Waals surface area contributed by atoms with Crippen LogP contribution in [0.4, 0.5) is 0 Å². The molecule has 1 heteroatoms. The van der Waals surface area contributed by atoms with Gasteiger partial charge >= 0.3 is 0 Å². The van der Waals surface area contributed by atoms with Gasteiger partial charge in [0.1, 0.15) is 0 Å². The zero-order chi connectivity index (χ0) is 14.8. The quantitative estimate of drug-likeness (QED) is 0.837. The van der Waals surface area contributed by atoms with E-state index in [1.807, 2.05) is 0 Å². The van der Waals surface area contributed by atoms with E-state index in [4.69, 9.17) is 0 Å². The van der Waals surface area contributed by atoms with Crippen molar-refractivity contribution >= 4 is 0 Å². The number of hydrogen-bond donors (Lipinski definition) is 1. The highest BCUT2D eigenvalue weighted by Crippen LogP contribution is 2.40. The van der Waals surface area contributed by atoms with Crippen molar-refractivity contribution in [3.8, 4) is 0 Å². The molecular weight excluding hydrogens is 254 g/mol. The molecule has 2 unspecified atom stereocenters. The third kappa shape index (κ3) is 3.03. The van der Waals surface area contributed by atoms with Crippen molar-refractivity contribution in [2.24, 2.45) is 0 Å². The number of benzene rings is 2. The topological polar surface area (TPSA) is 12.0 Å². The van der Waals surface area contributed by atoms with Crippen LogP contribution in [0, 0.1) is 13.8 Å². The molecule has 0 bridgehead atoms. The van der Waals surface area contributed by atoms with Crippen molar-refractivity contribution in [2.75, 3.05) is 6.54 Å². The zero-order valence-corrected chi connectivity index (χ0v) is 13.3. The molecule has 0 saturated carbocycles. The Labute approximate surface area is 128 Å². The first-order chi connectivity index (χ1) is 10.2. The van der Waals surface area contributed by atoms with E-state index in [1.165, 1.54) is 35.1 Å². The van der Waals surface area contributed by atoms with Crippen LogP contribution in [0.2, 0.25) is 0 Å². The van der Waals surface area contributed by atoms with E-state index in [2.05, 4.69) is 68.6 Å². The first kappa shape index (κ1) is 14.3. The maximum Gasteiger partial charge on any atom is 0.0326 e. The molecule has 0 saturated heterocycles. The third-order valence-corrected chi connectivity index (χ3v) is 4.58. The lowest BCUT2D eigenvalue weighted by atomic mass is 9.73. The molecule has 0 spiro atoms. The van der Waals surface area contributed by atoms with Crippen LogP contribution in [0.3, 0.4) is 0 Å². The van der Waals surface area contributed by atoms with Gasteiger partial charge in [-0.25, -0.2) is 0 Å². The van der Waals surface area contributed by atoms with Crippen LogP contribution in [0.25, 0.3) is 0 Å². The lowest BCUT2D eigenvalue weighted by Gasteiger charge is -2.33. The Morgan fingerprint density at radius 2 is 1.81 bits per heavy atom. The van der Waals surface area contributed by atoms with Crippen molar-refractivity contribution < 1.29 is 0 Å². The van der Waals surface area contributed by atoms with E-state index in [-0.39, 0.29) is 0 Å². The Hall–Kier alpha value is -1.60. The number of aryl methyl sites for hydroxylation is 2. The fraction of sp³-hybridized carbons (Fsp3) is 0.400. The van der Waals surface area contributed by atoms with Crippen molar-refractivity contribution in [2.45, 2.75) is 45.6 Å². The second-order valence-electron chi connectivity index (χ2n) is 6.37. The fourth-order valence-corrected chi connectivity index (χ4v) is 3.65. The highest BCUT2D eigenvalue weighted by molar-refractivity contribution is 5.40. The fourth-order valence-electron chi connectivity index (χ4n) is 3.65. The minimum atomic E-state index is 0.465. The molecule has 1 aliphatic carbocycles. The molecule has 0 fully saturated rings. The van der Waals surface area contributed by atoms with Gasteiger partial charge in [0.05, 0.1) is 0 Å². The van der Waals surface area contributed by atoms with Crippen LogP contribution in [-0.4, -0.2) is 6.54 Å². The molecule has 0 aliphatic heterocycles. The van der Waals surface area contributed by atoms with E-state index in [1.54, 1.807) is 5.56 Å². The monoisotopic (exact) mass is 279 g/mol. The number of fused-ring (bicyclic) bond motifs is 1. The van der Waals surface area contributed by atoms with Crippen LogP contribution >= 0.6 is 0 Å².